The number of carbonyl (C=O) groups excluding carboxylic acids is 1. The van der Waals surface area contributed by atoms with E-state index in [1.165, 1.54) is 35.2 Å². The smallest absolute Gasteiger partial charge is 0.378 e. The van der Waals surface area contributed by atoms with Crippen molar-refractivity contribution in [1.29, 1.82) is 0 Å². The average Bonchev–Trinajstić information content (AvgIpc) is 2.95. The number of ether oxygens (including phenoxy) is 1. The van der Waals surface area contributed by atoms with Gasteiger partial charge in [0.25, 0.3) is 15.7 Å². The number of sulfonamides is 1. The Bertz CT molecular complexity index is 1700. The molecule has 0 bridgehead atoms. The number of rotatable bonds is 8. The van der Waals surface area contributed by atoms with Crippen LogP contribution in [-0.4, -0.2) is 50.5 Å². The topological polar surface area (TPSA) is 119 Å². The molecule has 1 N–H and O–H groups in total. The van der Waals surface area contributed by atoms with Crippen LogP contribution in [0.3, 0.4) is 0 Å². The summed E-state index contributed by atoms with van der Waals surface area (Å²) >= 11 is 0.295. The predicted octanol–water partition coefficient (Wildman–Crippen LogP) is 6.46. The van der Waals surface area contributed by atoms with Crippen molar-refractivity contribution in [2.75, 3.05) is 31.0 Å². The largest absolute Gasteiger partial charge is 0.418 e. The first-order valence-corrected chi connectivity index (χ1v) is 14.8. The Morgan fingerprint density at radius 2 is 1.61 bits per heavy atom. The molecule has 0 spiro atoms. The van der Waals surface area contributed by atoms with Gasteiger partial charge in [-0.15, -0.1) is 0 Å². The average molecular weight is 662 g/mol. The van der Waals surface area contributed by atoms with Gasteiger partial charge in [-0.25, -0.2) is 8.42 Å². The second kappa shape index (κ2) is 12.9. The van der Waals surface area contributed by atoms with Crippen LogP contribution in [0, 0.1) is 10.1 Å². The zero-order valence-electron chi connectivity index (χ0n) is 22.2. The number of nitrogens with zero attached hydrogens (tertiary/aromatic N) is 2. The minimum Gasteiger partial charge on any atom is -0.378 e. The van der Waals surface area contributed by atoms with E-state index in [0.29, 0.717) is 17.8 Å². The Kier molecular flexibility index (Phi) is 9.60. The summed E-state index contributed by atoms with van der Waals surface area (Å²) in [6.07, 6.45) is -9.49. The number of hydrogen-bond acceptors (Lipinski definition) is 7. The number of halogens is 6. The number of amides is 1. The van der Waals surface area contributed by atoms with Crippen molar-refractivity contribution in [1.82, 2.24) is 4.90 Å². The Morgan fingerprint density at radius 3 is 2.25 bits per heavy atom. The lowest BCUT2D eigenvalue weighted by atomic mass is 9.99. The van der Waals surface area contributed by atoms with E-state index in [1.54, 1.807) is 0 Å². The Morgan fingerprint density at radius 1 is 0.955 bits per heavy atom. The fourth-order valence-corrected chi connectivity index (χ4v) is 6.52. The minimum atomic E-state index is -5.48. The predicted molar refractivity (Wildman–Crippen MR) is 147 cm³/mol. The molecule has 1 aliphatic rings. The molecule has 1 saturated heterocycles. The quantitative estimate of drug-likeness (QED) is 0.128. The highest BCUT2D eigenvalue weighted by atomic mass is 32.2. The van der Waals surface area contributed by atoms with Gasteiger partial charge < -0.3 is 9.64 Å². The molecule has 1 fully saturated rings. The van der Waals surface area contributed by atoms with E-state index in [9.17, 15) is 49.7 Å². The van der Waals surface area contributed by atoms with Crippen LogP contribution in [0.4, 0.5) is 37.7 Å². The summed E-state index contributed by atoms with van der Waals surface area (Å²) in [4.78, 5) is 22.5. The van der Waals surface area contributed by atoms with Gasteiger partial charge in [0.1, 0.15) is 0 Å². The van der Waals surface area contributed by atoms with E-state index in [4.69, 9.17) is 4.74 Å². The molecule has 9 nitrogen and oxygen atoms in total. The zero-order valence-corrected chi connectivity index (χ0v) is 23.8. The molecule has 3 aromatic carbocycles. The lowest BCUT2D eigenvalue weighted by Gasteiger charge is -2.25. The van der Waals surface area contributed by atoms with Gasteiger partial charge in [0, 0.05) is 40.7 Å². The SMILES string of the molecule is O=C(/C=C/c1ccc(Sc2cccc(NS(=O)(=O)c3ccccc3[N+](=O)[O-])c2)c(C(F)(F)F)c1C(F)(F)F)N1CCOCC1. The third kappa shape index (κ3) is 7.70. The fraction of sp³-hybridized carbons (Fsp3) is 0.222. The molecule has 0 aliphatic carbocycles. The first kappa shape index (κ1) is 32.8. The van der Waals surface area contributed by atoms with Crippen molar-refractivity contribution in [2.24, 2.45) is 0 Å². The highest BCUT2D eigenvalue weighted by molar-refractivity contribution is 7.99. The third-order valence-electron chi connectivity index (χ3n) is 6.16. The number of nitrogens with one attached hydrogen (secondary N) is 1. The molecule has 0 radical (unpaired) electrons. The maximum Gasteiger partial charge on any atom is 0.418 e. The van der Waals surface area contributed by atoms with E-state index >= 15 is 0 Å². The molecule has 0 aromatic heterocycles. The molecule has 1 amide bonds. The lowest BCUT2D eigenvalue weighted by molar-refractivity contribution is -0.387. The number of anilines is 1. The molecule has 1 aliphatic heterocycles. The zero-order chi connectivity index (χ0) is 32.3. The first-order chi connectivity index (χ1) is 20.6. The van der Waals surface area contributed by atoms with Gasteiger partial charge in [0.15, 0.2) is 4.90 Å². The van der Waals surface area contributed by atoms with Crippen LogP contribution in [0.25, 0.3) is 6.08 Å². The van der Waals surface area contributed by atoms with Crippen molar-refractivity contribution in [3.05, 3.63) is 93.5 Å². The molecule has 0 atom stereocenters. The molecule has 0 unspecified atom stereocenters. The van der Waals surface area contributed by atoms with Gasteiger partial charge in [-0.3, -0.25) is 19.6 Å². The number of nitro benzene ring substituents is 1. The number of alkyl halides is 6. The standard InChI is InChI=1S/C27H21F6N3O6S2/c28-26(29,30)24-17(9-11-23(37)35-12-14-42-15-13-35)8-10-21(25(24)27(31,32)33)43-19-5-3-4-18(16-19)34-44(40,41)22-7-2-1-6-20(22)36(38)39/h1-11,16,34H,12-15H2/b11-9+. The number of hydrogen-bond donors (Lipinski definition) is 1. The number of carbonyl (C=O) groups is 1. The Hall–Kier alpha value is -4.09. The van der Waals surface area contributed by atoms with Gasteiger partial charge in [-0.1, -0.05) is 36.0 Å². The summed E-state index contributed by atoms with van der Waals surface area (Å²) in [5.74, 6) is -0.687. The van der Waals surface area contributed by atoms with Crippen molar-refractivity contribution < 1.29 is 49.2 Å². The maximum atomic E-state index is 14.2. The monoisotopic (exact) mass is 661 g/mol. The van der Waals surface area contributed by atoms with Crippen LogP contribution >= 0.6 is 11.8 Å². The first-order valence-electron chi connectivity index (χ1n) is 12.5. The molecule has 17 heteroatoms. The molecule has 234 valence electrons. The number of para-hydroxylation sites is 1. The van der Waals surface area contributed by atoms with Crippen molar-refractivity contribution in [3.8, 4) is 0 Å². The molecule has 4 rings (SSSR count). The maximum absolute atomic E-state index is 14.2. The molecule has 1 heterocycles. The molecule has 0 saturated carbocycles. The normalized spacial score (nSPS) is 14.5. The Labute approximate surface area is 250 Å². The lowest BCUT2D eigenvalue weighted by Crippen LogP contribution is -2.39. The van der Waals surface area contributed by atoms with Crippen molar-refractivity contribution in [2.45, 2.75) is 27.0 Å². The van der Waals surface area contributed by atoms with E-state index in [0.717, 1.165) is 36.4 Å². The summed E-state index contributed by atoms with van der Waals surface area (Å²) in [6, 6.07) is 10.9. The highest BCUT2D eigenvalue weighted by Crippen LogP contribution is 2.48. The van der Waals surface area contributed by atoms with Crippen LogP contribution in [0.5, 0.6) is 0 Å². The van der Waals surface area contributed by atoms with Crippen LogP contribution < -0.4 is 4.72 Å². The number of benzene rings is 3. The summed E-state index contributed by atoms with van der Waals surface area (Å²) in [6.45, 7) is 0.783. The molecular formula is C27H21F6N3O6S2. The van der Waals surface area contributed by atoms with Gasteiger partial charge in [-0.2, -0.15) is 26.3 Å². The van der Waals surface area contributed by atoms with E-state index < -0.39 is 65.4 Å². The molecular weight excluding hydrogens is 640 g/mol. The van der Waals surface area contributed by atoms with Crippen LogP contribution in [0.1, 0.15) is 16.7 Å². The molecule has 3 aromatic rings. The van der Waals surface area contributed by atoms with Gasteiger partial charge in [0.05, 0.1) is 29.3 Å². The van der Waals surface area contributed by atoms with Crippen LogP contribution in [0.2, 0.25) is 0 Å². The number of morpholine rings is 1. The summed E-state index contributed by atoms with van der Waals surface area (Å²) in [5.41, 5.74) is -5.78. The molecule has 44 heavy (non-hydrogen) atoms. The Balaban J connectivity index is 1.70. The van der Waals surface area contributed by atoms with Gasteiger partial charge in [0.2, 0.25) is 5.91 Å². The van der Waals surface area contributed by atoms with E-state index in [2.05, 4.69) is 4.72 Å². The van der Waals surface area contributed by atoms with Gasteiger partial charge >= 0.3 is 12.4 Å². The second-order valence-corrected chi connectivity index (χ2v) is 11.9. The van der Waals surface area contributed by atoms with E-state index in [-0.39, 0.29) is 36.9 Å². The second-order valence-electron chi connectivity index (χ2n) is 9.13. The van der Waals surface area contributed by atoms with Crippen LogP contribution in [0.15, 0.2) is 81.4 Å². The van der Waals surface area contributed by atoms with E-state index in [1.807, 2.05) is 0 Å². The number of nitro groups is 1. The minimum absolute atomic E-state index is 0.0721. The summed E-state index contributed by atoms with van der Waals surface area (Å²) in [7, 11) is -4.54. The van der Waals surface area contributed by atoms with Crippen molar-refractivity contribution in [3.63, 3.8) is 0 Å². The summed E-state index contributed by atoms with van der Waals surface area (Å²) < 4.78 is 118. The van der Waals surface area contributed by atoms with Crippen molar-refractivity contribution >= 4 is 45.1 Å². The fourth-order valence-electron chi connectivity index (χ4n) is 4.26. The summed E-state index contributed by atoms with van der Waals surface area (Å²) in [5, 5.41) is 11.3. The highest BCUT2D eigenvalue weighted by Gasteiger charge is 2.46. The third-order valence-corrected chi connectivity index (χ3v) is 8.64. The van der Waals surface area contributed by atoms with Gasteiger partial charge in [-0.05, 0) is 42.0 Å². The van der Waals surface area contributed by atoms with Crippen LogP contribution in [-0.2, 0) is 31.9 Å².